The molecule has 0 bridgehead atoms. The first-order valence-corrected chi connectivity index (χ1v) is 12.6. The number of benzene rings is 1. The molecule has 3 N–H and O–H groups in total. The van der Waals surface area contributed by atoms with Gasteiger partial charge in [-0.1, -0.05) is 12.1 Å². The molecule has 0 spiro atoms. The van der Waals surface area contributed by atoms with Crippen molar-refractivity contribution in [3.63, 3.8) is 0 Å². The van der Waals surface area contributed by atoms with E-state index >= 15 is 0 Å². The summed E-state index contributed by atoms with van der Waals surface area (Å²) < 4.78 is 35.0. The molecule has 13 heteroatoms. The first kappa shape index (κ1) is 29.1. The van der Waals surface area contributed by atoms with Crippen LogP contribution in [0, 0.1) is 11.6 Å². The number of ether oxygens (including phenoxy) is 1. The predicted molar refractivity (Wildman–Crippen MR) is 140 cm³/mol. The Morgan fingerprint density at radius 2 is 1.88 bits per heavy atom. The SMILES string of the molecule is COCC1=C(CC(=O)O)[C@H](c2ccc(F)c(F)c2)N(N(CCC[n+]2ccc(-c3ccccn3)cc2)C(=O)O)C(=O)N1. The van der Waals surface area contributed by atoms with Crippen LogP contribution in [0.15, 0.2) is 78.4 Å². The Morgan fingerprint density at radius 1 is 1.12 bits per heavy atom. The molecule has 0 saturated carbocycles. The van der Waals surface area contributed by atoms with Crippen LogP contribution in [-0.4, -0.2) is 63.6 Å². The third kappa shape index (κ3) is 6.81. The average molecular weight is 569 g/mol. The summed E-state index contributed by atoms with van der Waals surface area (Å²) in [6, 6.07) is 9.89. The highest BCUT2D eigenvalue weighted by Crippen LogP contribution is 2.37. The van der Waals surface area contributed by atoms with E-state index in [2.05, 4.69) is 10.3 Å². The number of rotatable bonds is 11. The van der Waals surface area contributed by atoms with Gasteiger partial charge in [-0.15, -0.1) is 0 Å². The van der Waals surface area contributed by atoms with Gasteiger partial charge in [-0.2, -0.15) is 0 Å². The maximum atomic E-state index is 14.3. The summed E-state index contributed by atoms with van der Waals surface area (Å²) in [7, 11) is 1.33. The number of aromatic nitrogens is 2. The van der Waals surface area contributed by atoms with Crippen molar-refractivity contribution in [1.82, 2.24) is 20.3 Å². The molecular formula is C28H28F2N5O6+. The maximum Gasteiger partial charge on any atom is 0.426 e. The van der Waals surface area contributed by atoms with Gasteiger partial charge >= 0.3 is 18.1 Å². The molecule has 1 atom stereocenters. The van der Waals surface area contributed by atoms with E-state index in [4.69, 9.17) is 4.74 Å². The normalized spacial score (nSPS) is 15.0. The Kier molecular flexibility index (Phi) is 9.19. The summed E-state index contributed by atoms with van der Waals surface area (Å²) in [6.45, 7) is 0.0167. The molecule has 3 heterocycles. The van der Waals surface area contributed by atoms with Crippen LogP contribution in [-0.2, 0) is 16.1 Å². The summed E-state index contributed by atoms with van der Waals surface area (Å²) in [5.41, 5.74) is 1.86. The van der Waals surface area contributed by atoms with Crippen LogP contribution in [0.25, 0.3) is 11.3 Å². The molecule has 214 valence electrons. The molecule has 4 rings (SSSR count). The first-order chi connectivity index (χ1) is 19.7. The predicted octanol–water partition coefficient (Wildman–Crippen LogP) is 3.74. The lowest BCUT2D eigenvalue weighted by Crippen LogP contribution is -2.58. The lowest BCUT2D eigenvalue weighted by molar-refractivity contribution is -0.697. The van der Waals surface area contributed by atoms with Crippen molar-refractivity contribution in [2.75, 3.05) is 20.3 Å². The fraction of sp³-hybridized carbons (Fsp3) is 0.250. The topological polar surface area (TPSA) is 136 Å². The first-order valence-electron chi connectivity index (χ1n) is 12.6. The van der Waals surface area contributed by atoms with Crippen LogP contribution in [0.4, 0.5) is 18.4 Å². The number of carbonyl (C=O) groups is 3. The van der Waals surface area contributed by atoms with E-state index in [0.29, 0.717) is 6.54 Å². The molecule has 0 aliphatic carbocycles. The van der Waals surface area contributed by atoms with Crippen LogP contribution in [0.5, 0.6) is 0 Å². The number of aliphatic carboxylic acids is 1. The zero-order valence-electron chi connectivity index (χ0n) is 22.0. The van der Waals surface area contributed by atoms with Crippen molar-refractivity contribution in [2.24, 2.45) is 0 Å². The second kappa shape index (κ2) is 13.0. The second-order valence-electron chi connectivity index (χ2n) is 9.16. The zero-order valence-corrected chi connectivity index (χ0v) is 22.0. The second-order valence-corrected chi connectivity index (χ2v) is 9.16. The maximum absolute atomic E-state index is 14.3. The van der Waals surface area contributed by atoms with E-state index in [1.54, 1.807) is 6.20 Å². The number of methoxy groups -OCH3 is 1. The number of hydrogen-bond acceptors (Lipinski definition) is 5. The van der Waals surface area contributed by atoms with Crippen molar-refractivity contribution >= 4 is 18.1 Å². The highest BCUT2D eigenvalue weighted by Gasteiger charge is 2.41. The molecule has 1 aliphatic heterocycles. The molecule has 11 nitrogen and oxygen atoms in total. The van der Waals surface area contributed by atoms with Crippen molar-refractivity contribution in [1.29, 1.82) is 0 Å². The fourth-order valence-electron chi connectivity index (χ4n) is 4.62. The lowest BCUT2D eigenvalue weighted by atomic mass is 9.92. The Hall–Kier alpha value is -4.91. The number of carbonyl (C=O) groups excluding carboxylic acids is 1. The van der Waals surface area contributed by atoms with Crippen LogP contribution in [0.2, 0.25) is 0 Å². The van der Waals surface area contributed by atoms with Gasteiger partial charge in [0.1, 0.15) is 12.6 Å². The molecule has 1 aliphatic rings. The number of hydrazine groups is 1. The van der Waals surface area contributed by atoms with Gasteiger partial charge in [0, 0.05) is 43.1 Å². The van der Waals surface area contributed by atoms with E-state index in [0.717, 1.165) is 33.4 Å². The zero-order chi connectivity index (χ0) is 29.5. The third-order valence-corrected chi connectivity index (χ3v) is 6.44. The molecule has 2 aromatic heterocycles. The molecular weight excluding hydrogens is 540 g/mol. The third-order valence-electron chi connectivity index (χ3n) is 6.44. The van der Waals surface area contributed by atoms with E-state index in [1.807, 2.05) is 47.3 Å². The van der Waals surface area contributed by atoms with Crippen molar-refractivity contribution < 1.29 is 42.7 Å². The number of amides is 3. The number of nitrogens with one attached hydrogen (secondary N) is 1. The molecule has 1 aromatic carbocycles. The van der Waals surface area contributed by atoms with E-state index in [-0.39, 0.29) is 36.4 Å². The van der Waals surface area contributed by atoms with Gasteiger partial charge in [0.2, 0.25) is 0 Å². The van der Waals surface area contributed by atoms with Gasteiger partial charge in [-0.05, 0) is 35.4 Å². The van der Waals surface area contributed by atoms with Crippen LogP contribution in [0.1, 0.15) is 24.4 Å². The minimum atomic E-state index is -1.49. The minimum Gasteiger partial charge on any atom is -0.481 e. The average Bonchev–Trinajstić information content (AvgIpc) is 2.95. The molecule has 0 saturated heterocycles. The quantitative estimate of drug-likeness (QED) is 0.300. The Labute approximate surface area is 233 Å². The monoisotopic (exact) mass is 568 g/mol. The van der Waals surface area contributed by atoms with Gasteiger partial charge in [0.05, 0.1) is 25.3 Å². The summed E-state index contributed by atoms with van der Waals surface area (Å²) in [5, 5.41) is 23.8. The Bertz CT molecular complexity index is 1450. The van der Waals surface area contributed by atoms with E-state index in [9.17, 15) is 33.4 Å². The van der Waals surface area contributed by atoms with Gasteiger partial charge in [-0.3, -0.25) is 9.78 Å². The van der Waals surface area contributed by atoms with E-state index in [1.165, 1.54) is 13.2 Å². The molecule has 3 amide bonds. The molecule has 3 aromatic rings. The number of nitrogens with zero attached hydrogens (tertiary/aromatic N) is 4. The Morgan fingerprint density at radius 3 is 2.49 bits per heavy atom. The van der Waals surface area contributed by atoms with Crippen molar-refractivity contribution in [3.05, 3.63) is 95.6 Å². The summed E-state index contributed by atoms with van der Waals surface area (Å²) >= 11 is 0. The van der Waals surface area contributed by atoms with Gasteiger partial charge < -0.3 is 20.3 Å². The van der Waals surface area contributed by atoms with Gasteiger partial charge in [-0.25, -0.2) is 33.0 Å². The summed E-state index contributed by atoms with van der Waals surface area (Å²) in [6.07, 6.45) is 3.47. The highest BCUT2D eigenvalue weighted by molar-refractivity contribution is 5.83. The molecule has 0 unspecified atom stereocenters. The molecule has 0 fully saturated rings. The lowest BCUT2D eigenvalue weighted by Gasteiger charge is -2.43. The summed E-state index contributed by atoms with van der Waals surface area (Å²) in [5.74, 6) is -3.66. The number of pyridine rings is 2. The number of aryl methyl sites for hydroxylation is 1. The van der Waals surface area contributed by atoms with E-state index < -0.39 is 42.2 Å². The minimum absolute atomic E-state index is 0.00524. The van der Waals surface area contributed by atoms with Crippen molar-refractivity contribution in [2.45, 2.75) is 25.4 Å². The number of urea groups is 1. The Balaban J connectivity index is 1.62. The highest BCUT2D eigenvalue weighted by atomic mass is 19.2. The van der Waals surface area contributed by atoms with Crippen LogP contribution < -0.4 is 9.88 Å². The number of halogens is 2. The standard InChI is InChI=1S/C28H27F2N5O6/c1-41-17-24-20(16-25(36)37)26(19-6-7-21(29)22(30)15-19)35(27(38)32-24)34(28(39)40)12-4-11-33-13-8-18(9-14-33)23-5-2-3-10-31-23/h2-3,5-10,13-15,26H,4,11-12,16-17H2,1H3,(H2-,32,36,37,38,39,40)/p+1/t26-/m0/s1. The largest absolute Gasteiger partial charge is 0.481 e. The summed E-state index contributed by atoms with van der Waals surface area (Å²) in [4.78, 5) is 41.8. The van der Waals surface area contributed by atoms with Crippen LogP contribution in [0.3, 0.4) is 0 Å². The van der Waals surface area contributed by atoms with Crippen molar-refractivity contribution in [3.8, 4) is 11.3 Å². The van der Waals surface area contributed by atoms with Gasteiger partial charge in [0.15, 0.2) is 24.0 Å². The number of carboxylic acid groups (broad SMARTS) is 2. The van der Waals surface area contributed by atoms with Gasteiger partial charge in [0.25, 0.3) is 0 Å². The van der Waals surface area contributed by atoms with Crippen LogP contribution >= 0.6 is 0 Å². The molecule has 0 radical (unpaired) electrons. The number of hydrogen-bond donors (Lipinski definition) is 3. The smallest absolute Gasteiger partial charge is 0.426 e. The fourth-order valence-corrected chi connectivity index (χ4v) is 4.62. The molecule has 41 heavy (non-hydrogen) atoms. The number of carboxylic acids is 1.